The predicted molar refractivity (Wildman–Crippen MR) is 73.0 cm³/mol. The van der Waals surface area contributed by atoms with Crippen molar-refractivity contribution in [2.24, 2.45) is 5.41 Å². The Balaban J connectivity index is 2.45. The molecule has 1 N–H and O–H groups in total. The van der Waals surface area contributed by atoms with Gasteiger partial charge in [-0.3, -0.25) is 0 Å². The molecule has 92 valence electrons. The van der Waals surface area contributed by atoms with E-state index in [-0.39, 0.29) is 5.41 Å². The van der Waals surface area contributed by atoms with Crippen molar-refractivity contribution in [1.82, 2.24) is 0 Å². The van der Waals surface area contributed by atoms with Gasteiger partial charge in [-0.05, 0) is 51.7 Å². The Morgan fingerprint density at radius 2 is 1.82 bits per heavy atom. The lowest BCUT2D eigenvalue weighted by Crippen LogP contribution is -2.11. The third-order valence-corrected chi connectivity index (χ3v) is 3.06. The third kappa shape index (κ3) is 4.11. The molecule has 1 rings (SSSR count). The first-order valence-corrected chi connectivity index (χ1v) is 6.17. The first kappa shape index (κ1) is 13.6. The molecule has 1 aromatic carbocycles. The SMILES string of the molecule is Cc1cccc(C)c1NCCCC(C)(C)C#N. The molecule has 0 unspecified atom stereocenters. The van der Waals surface area contributed by atoms with Gasteiger partial charge in [-0.1, -0.05) is 18.2 Å². The van der Waals surface area contributed by atoms with E-state index in [4.69, 9.17) is 5.26 Å². The maximum atomic E-state index is 8.93. The standard InChI is InChI=1S/C15H22N2/c1-12-7-5-8-13(2)14(12)17-10-6-9-15(3,4)11-16/h5,7-8,17H,6,9-10H2,1-4H3. The summed E-state index contributed by atoms with van der Waals surface area (Å²) in [4.78, 5) is 0. The summed E-state index contributed by atoms with van der Waals surface area (Å²) >= 11 is 0. The van der Waals surface area contributed by atoms with Crippen molar-refractivity contribution in [3.8, 4) is 6.07 Å². The number of rotatable bonds is 5. The van der Waals surface area contributed by atoms with Crippen LogP contribution in [0.25, 0.3) is 0 Å². The maximum Gasteiger partial charge on any atom is 0.0683 e. The van der Waals surface area contributed by atoms with E-state index in [9.17, 15) is 0 Å². The molecule has 0 spiro atoms. The van der Waals surface area contributed by atoms with Crippen molar-refractivity contribution in [1.29, 1.82) is 5.26 Å². The van der Waals surface area contributed by atoms with Gasteiger partial charge in [0, 0.05) is 12.2 Å². The third-order valence-electron chi connectivity index (χ3n) is 3.06. The Morgan fingerprint density at radius 1 is 1.24 bits per heavy atom. The Hall–Kier alpha value is -1.49. The van der Waals surface area contributed by atoms with E-state index >= 15 is 0 Å². The fraction of sp³-hybridized carbons (Fsp3) is 0.533. The van der Waals surface area contributed by atoms with Crippen molar-refractivity contribution >= 4 is 5.69 Å². The second-order valence-corrected chi connectivity index (χ2v) is 5.29. The van der Waals surface area contributed by atoms with E-state index in [1.54, 1.807) is 0 Å². The molecule has 0 saturated carbocycles. The monoisotopic (exact) mass is 230 g/mol. The van der Waals surface area contributed by atoms with Crippen LogP contribution in [0.1, 0.15) is 37.8 Å². The minimum Gasteiger partial charge on any atom is -0.385 e. The van der Waals surface area contributed by atoms with Gasteiger partial charge in [-0.25, -0.2) is 0 Å². The zero-order chi connectivity index (χ0) is 12.9. The first-order valence-electron chi connectivity index (χ1n) is 6.17. The molecule has 0 fully saturated rings. The van der Waals surface area contributed by atoms with Crippen LogP contribution in [0.4, 0.5) is 5.69 Å². The number of nitriles is 1. The molecule has 2 heteroatoms. The number of nitrogens with one attached hydrogen (secondary N) is 1. The van der Waals surface area contributed by atoms with Gasteiger partial charge in [-0.2, -0.15) is 5.26 Å². The fourth-order valence-electron chi connectivity index (χ4n) is 1.89. The molecular weight excluding hydrogens is 208 g/mol. The van der Waals surface area contributed by atoms with Crippen LogP contribution in [0.3, 0.4) is 0 Å². The maximum absolute atomic E-state index is 8.93. The zero-order valence-corrected chi connectivity index (χ0v) is 11.3. The molecule has 0 aliphatic carbocycles. The van der Waals surface area contributed by atoms with Gasteiger partial charge in [0.2, 0.25) is 0 Å². The minimum absolute atomic E-state index is 0.206. The quantitative estimate of drug-likeness (QED) is 0.775. The van der Waals surface area contributed by atoms with E-state index in [2.05, 4.69) is 43.4 Å². The van der Waals surface area contributed by atoms with Crippen LogP contribution in [-0.2, 0) is 0 Å². The Labute approximate surface area is 105 Å². The number of anilines is 1. The smallest absolute Gasteiger partial charge is 0.0683 e. The molecule has 0 radical (unpaired) electrons. The number of hydrogen-bond donors (Lipinski definition) is 1. The topological polar surface area (TPSA) is 35.8 Å². The summed E-state index contributed by atoms with van der Waals surface area (Å²) in [5.74, 6) is 0. The van der Waals surface area contributed by atoms with Crippen LogP contribution in [0.5, 0.6) is 0 Å². The van der Waals surface area contributed by atoms with Crippen molar-refractivity contribution in [2.75, 3.05) is 11.9 Å². The molecule has 0 aliphatic rings. The highest BCUT2D eigenvalue weighted by atomic mass is 14.9. The van der Waals surface area contributed by atoms with E-state index in [0.29, 0.717) is 0 Å². The summed E-state index contributed by atoms with van der Waals surface area (Å²) < 4.78 is 0. The molecule has 0 amide bonds. The highest BCUT2D eigenvalue weighted by Gasteiger charge is 2.15. The van der Waals surface area contributed by atoms with Crippen LogP contribution in [-0.4, -0.2) is 6.54 Å². The molecule has 2 nitrogen and oxygen atoms in total. The molecule has 17 heavy (non-hydrogen) atoms. The lowest BCUT2D eigenvalue weighted by atomic mass is 9.90. The average Bonchev–Trinajstić information content (AvgIpc) is 2.27. The number of benzene rings is 1. The Bertz CT molecular complexity index is 393. The molecule has 0 aromatic heterocycles. The van der Waals surface area contributed by atoms with Crippen molar-refractivity contribution < 1.29 is 0 Å². The Morgan fingerprint density at radius 3 is 2.35 bits per heavy atom. The highest BCUT2D eigenvalue weighted by Crippen LogP contribution is 2.22. The molecular formula is C15H22N2. The highest BCUT2D eigenvalue weighted by molar-refractivity contribution is 5.56. The van der Waals surface area contributed by atoms with E-state index < -0.39 is 0 Å². The van der Waals surface area contributed by atoms with Gasteiger partial charge >= 0.3 is 0 Å². The molecule has 0 saturated heterocycles. The van der Waals surface area contributed by atoms with Crippen LogP contribution in [0.2, 0.25) is 0 Å². The average molecular weight is 230 g/mol. The van der Waals surface area contributed by atoms with Gasteiger partial charge in [0.25, 0.3) is 0 Å². The molecule has 0 heterocycles. The van der Waals surface area contributed by atoms with Crippen molar-refractivity contribution in [3.63, 3.8) is 0 Å². The van der Waals surface area contributed by atoms with Gasteiger partial charge in [-0.15, -0.1) is 0 Å². The molecule has 1 aromatic rings. The molecule has 0 bridgehead atoms. The normalized spacial score (nSPS) is 11.0. The number of hydrogen-bond acceptors (Lipinski definition) is 2. The van der Waals surface area contributed by atoms with Crippen LogP contribution < -0.4 is 5.32 Å². The minimum atomic E-state index is -0.206. The second-order valence-electron chi connectivity index (χ2n) is 5.29. The number of nitrogens with zero attached hydrogens (tertiary/aromatic N) is 1. The van der Waals surface area contributed by atoms with Crippen LogP contribution >= 0.6 is 0 Å². The second kappa shape index (κ2) is 5.72. The zero-order valence-electron chi connectivity index (χ0n) is 11.3. The lowest BCUT2D eigenvalue weighted by Gasteiger charge is -2.16. The number of aryl methyl sites for hydroxylation is 2. The predicted octanol–water partition coefficient (Wildman–Crippen LogP) is 4.05. The van der Waals surface area contributed by atoms with Crippen LogP contribution in [0.15, 0.2) is 18.2 Å². The van der Waals surface area contributed by atoms with Crippen molar-refractivity contribution in [3.05, 3.63) is 29.3 Å². The summed E-state index contributed by atoms with van der Waals surface area (Å²) in [6, 6.07) is 8.65. The summed E-state index contributed by atoms with van der Waals surface area (Å²) in [7, 11) is 0. The summed E-state index contributed by atoms with van der Waals surface area (Å²) in [5.41, 5.74) is 3.60. The Kier molecular flexibility index (Phi) is 4.57. The fourth-order valence-corrected chi connectivity index (χ4v) is 1.89. The lowest BCUT2D eigenvalue weighted by molar-refractivity contribution is 0.441. The summed E-state index contributed by atoms with van der Waals surface area (Å²) in [6.45, 7) is 9.15. The summed E-state index contributed by atoms with van der Waals surface area (Å²) in [5, 5.41) is 12.4. The summed E-state index contributed by atoms with van der Waals surface area (Å²) in [6.07, 6.45) is 1.95. The van der Waals surface area contributed by atoms with E-state index in [1.165, 1.54) is 16.8 Å². The number of para-hydroxylation sites is 1. The first-order chi connectivity index (χ1) is 7.96. The molecule has 0 aliphatic heterocycles. The van der Waals surface area contributed by atoms with Gasteiger partial charge in [0.1, 0.15) is 0 Å². The van der Waals surface area contributed by atoms with Gasteiger partial charge < -0.3 is 5.32 Å². The van der Waals surface area contributed by atoms with Gasteiger partial charge in [0.15, 0.2) is 0 Å². The van der Waals surface area contributed by atoms with Crippen molar-refractivity contribution in [2.45, 2.75) is 40.5 Å². The van der Waals surface area contributed by atoms with Crippen LogP contribution in [0, 0.1) is 30.6 Å². The largest absolute Gasteiger partial charge is 0.385 e. The molecule has 0 atom stereocenters. The van der Waals surface area contributed by atoms with E-state index in [1.807, 2.05) is 13.8 Å². The van der Waals surface area contributed by atoms with Gasteiger partial charge in [0.05, 0.1) is 11.5 Å². The van der Waals surface area contributed by atoms with E-state index in [0.717, 1.165) is 19.4 Å².